The van der Waals surface area contributed by atoms with E-state index in [0.717, 1.165) is 15.5 Å². The first-order valence-corrected chi connectivity index (χ1v) is 45.4. The van der Waals surface area contributed by atoms with Crippen molar-refractivity contribution in [3.05, 3.63) is 86.5 Å². The third-order valence-corrected chi connectivity index (χ3v) is 25.8. The van der Waals surface area contributed by atoms with Crippen molar-refractivity contribution in [3.8, 4) is 0 Å². The molecule has 0 radical (unpaired) electrons. The van der Waals surface area contributed by atoms with Crippen LogP contribution in [0.1, 0.15) is 62.5 Å². The molecule has 646 valence electrons. The fourth-order valence-electron chi connectivity index (χ4n) is 14.3. The SMILES string of the molecule is COCCO[C@H]1C(OP(O)(=S)OC[C@H]2OC(n3cnc4c(=O)[nH]c(N)nc43)[C@@H](OCCOC)C2OP(=O)(S)OC[C@H]2O[C@@H](n3cc(C)c(N)nc3=O)[C@@H](OCCOC)C2O)[C@@H](COP(=O)(O)OC2[C@@H]3O[C@@H](C)[C@]2(COP(O)(=S)OC2C[C@H](n4cnc5c(N)ncnc54)O[C@@H]2C)OC3n2cc(C)c(N)nc2=O)OC1n1cnc2c(N)ncnc21. The lowest BCUT2D eigenvalue weighted by Crippen LogP contribution is -2.51. The van der Waals surface area contributed by atoms with Gasteiger partial charge < -0.3 is 119 Å². The summed E-state index contributed by atoms with van der Waals surface area (Å²) in [7, 11) is -1.44. The molecule has 8 aromatic heterocycles. The van der Waals surface area contributed by atoms with E-state index in [1.165, 1.54) is 75.1 Å². The number of H-pyrrole nitrogens is 1. The van der Waals surface area contributed by atoms with Crippen molar-refractivity contribution in [2.24, 2.45) is 0 Å². The maximum absolute atomic E-state index is 15.1. The fraction of sp³-hybridized carbons (Fsp3) is 0.623. The average Bonchev–Trinajstić information content (AvgIpc) is 1.55. The molecule has 12 unspecified atom stereocenters. The van der Waals surface area contributed by atoms with Gasteiger partial charge in [0.25, 0.3) is 5.56 Å². The third kappa shape index (κ3) is 18.2. The van der Waals surface area contributed by atoms with Crippen LogP contribution in [-0.4, -0.2) is 276 Å². The summed E-state index contributed by atoms with van der Waals surface area (Å²) in [5.41, 5.74) is 26.9. The van der Waals surface area contributed by atoms with E-state index >= 15 is 4.57 Å². The number of thiol groups is 1. The maximum Gasteiger partial charge on any atom is 0.472 e. The van der Waals surface area contributed by atoms with E-state index in [-0.39, 0.29) is 97.6 Å². The number of fused-ring (bicyclic) bond motifs is 5. The molecule has 118 heavy (non-hydrogen) atoms. The number of imidazole rings is 3. The number of phosphoric acid groups is 1. The zero-order chi connectivity index (χ0) is 84.2. The van der Waals surface area contributed by atoms with Crippen LogP contribution in [0.25, 0.3) is 33.5 Å². The second-order valence-electron chi connectivity index (χ2n) is 27.7. The first-order chi connectivity index (χ1) is 56.1. The number of anilines is 5. The van der Waals surface area contributed by atoms with Gasteiger partial charge >= 0.3 is 39.4 Å². The number of aliphatic hydroxyl groups is 1. The number of nitrogens with zero attached hydrogens (tertiary/aromatic N) is 15. The number of rotatable bonds is 37. The number of nitrogens with one attached hydrogen (secondary N) is 1. The molecule has 57 heteroatoms. The van der Waals surface area contributed by atoms with Gasteiger partial charge in [0.2, 0.25) is 5.95 Å². The van der Waals surface area contributed by atoms with Gasteiger partial charge in [-0.15, -0.1) is 0 Å². The van der Waals surface area contributed by atoms with Gasteiger partial charge in [0, 0.05) is 51.3 Å². The van der Waals surface area contributed by atoms with E-state index in [2.05, 4.69) is 67.1 Å². The van der Waals surface area contributed by atoms with Gasteiger partial charge in [0.15, 0.2) is 59.0 Å². The van der Waals surface area contributed by atoms with Gasteiger partial charge in [0.1, 0.15) is 114 Å². The number of aromatic amines is 1. The Hall–Kier alpha value is -6.64. The van der Waals surface area contributed by atoms with E-state index in [4.69, 9.17) is 145 Å². The van der Waals surface area contributed by atoms with Crippen molar-refractivity contribution < 1.29 is 122 Å². The number of hydrogen-bond donors (Lipinski definition) is 11. The Kier molecular flexibility index (Phi) is 26.5. The van der Waals surface area contributed by atoms with Gasteiger partial charge in [0.05, 0.1) is 103 Å². The standard InChI is InChI=1S/C61H85N21O29P4S3/c1-26-15-78(59(85)74-46(26)62)54-41(95-11-8-92-5)38(83)31(104-54)17-99-113(89,116)110-40-33(106-56(43(40)97-13-10-94-7)82-25-73-37-52(82)76-58(66)77-53(37)84)19-100-114(90,117)109-39-32(105-55(42(39)96-12-9-93-6)81-24-72-36-49(65)68-22-70-51(36)81)18-98-112(87,88)111-45-44-57(79-16-27(2)47(63)75-60(79)86)107-61(45,29(4)103-44)20-101-115(91,118)108-30-14-34(102-28(30)3)80-23-71-35-48(64)67-21-69-50(35)80/h15-16,21-25,28-34,38-45,54-57,83H,8-14,17-20H2,1-7H3,(H,87,88)(H,89,116)(H,90,117)(H,91,118)(H2,62,74,85)(H2,63,75,86)(H2,64,67,69)(H2,65,68,70)(H3,66,76,77,84)/t28-,29+,30?,31-,32-,33-,34-,38?,39?,40?,41+,42+,43+,44+,45?,54-,55?,56?,57?,61+,113?,114?,115?/m1/s1. The summed E-state index contributed by atoms with van der Waals surface area (Å²) in [6.07, 6.45) is -17.6. The van der Waals surface area contributed by atoms with Gasteiger partial charge in [-0.2, -0.15) is 15.0 Å². The van der Waals surface area contributed by atoms with Crippen LogP contribution >= 0.6 is 40.3 Å². The van der Waals surface area contributed by atoms with Crippen LogP contribution < -0.4 is 45.6 Å². The number of aryl methyl sites for hydroxylation is 2. The number of phosphoric ester groups is 1. The molecule has 0 aromatic carbocycles. The molecule has 6 aliphatic rings. The lowest BCUT2D eigenvalue weighted by molar-refractivity contribution is -0.216. The summed E-state index contributed by atoms with van der Waals surface area (Å²) in [6, 6.07) is 0. The molecule has 50 nitrogen and oxygen atoms in total. The Balaban J connectivity index is 0.744. The maximum atomic E-state index is 15.1. The number of hydrogen-bond acceptors (Lipinski definition) is 43. The Bertz CT molecular complexity index is 5370. The quantitative estimate of drug-likeness (QED) is 0.0133. The molecule has 14 heterocycles. The highest BCUT2D eigenvalue weighted by Gasteiger charge is 2.69. The van der Waals surface area contributed by atoms with Gasteiger partial charge in [-0.3, -0.25) is 55.2 Å². The van der Waals surface area contributed by atoms with Crippen LogP contribution in [0.15, 0.2) is 58.4 Å². The highest BCUT2D eigenvalue weighted by Crippen LogP contribution is 2.61. The van der Waals surface area contributed by atoms with Crippen molar-refractivity contribution in [3.63, 3.8) is 0 Å². The molecule has 6 saturated heterocycles. The monoisotopic (exact) mass is 1800 g/mol. The highest BCUT2D eigenvalue weighted by atomic mass is 32.7. The van der Waals surface area contributed by atoms with Crippen molar-refractivity contribution >= 4 is 127 Å². The predicted molar refractivity (Wildman–Crippen MR) is 414 cm³/mol. The fourth-order valence-corrected chi connectivity index (χ4v) is 19.7. The minimum absolute atomic E-state index is 0.0533. The van der Waals surface area contributed by atoms with Crippen LogP contribution in [0.3, 0.4) is 0 Å². The second-order valence-corrected chi connectivity index (χ2v) is 37.6. The van der Waals surface area contributed by atoms with Crippen molar-refractivity contribution in [2.45, 2.75) is 156 Å². The minimum Gasteiger partial charge on any atom is -0.387 e. The van der Waals surface area contributed by atoms with E-state index in [0.29, 0.717) is 22.3 Å². The molecular weight excluding hydrogens is 1710 g/mol. The third-order valence-electron chi connectivity index (χ3n) is 20.1. The number of aromatic nitrogens is 16. The zero-order valence-corrected chi connectivity index (χ0v) is 69.5. The molecular formula is C61H85N21O29P4S3. The highest BCUT2D eigenvalue weighted by molar-refractivity contribution is 8.44. The largest absolute Gasteiger partial charge is 0.472 e. The number of nitrogens with two attached hydrogens (primary N) is 5. The molecule has 0 amide bonds. The lowest BCUT2D eigenvalue weighted by atomic mass is 9.94. The molecule has 14 rings (SSSR count). The van der Waals surface area contributed by atoms with E-state index in [1.807, 2.05) is 0 Å². The summed E-state index contributed by atoms with van der Waals surface area (Å²) < 4.78 is 159. The molecule has 0 aliphatic carbocycles. The number of aliphatic hydroxyl groups excluding tert-OH is 1. The summed E-state index contributed by atoms with van der Waals surface area (Å²) in [6.45, 7) is -12.0. The van der Waals surface area contributed by atoms with Gasteiger partial charge in [-0.25, -0.2) is 53.6 Å². The summed E-state index contributed by atoms with van der Waals surface area (Å²) in [5, 5.41) is 11.8. The van der Waals surface area contributed by atoms with Crippen molar-refractivity contribution in [1.29, 1.82) is 0 Å². The molecule has 8 aromatic rings. The van der Waals surface area contributed by atoms with Crippen LogP contribution in [0.5, 0.6) is 0 Å². The topological polar surface area (TPSA) is 650 Å². The van der Waals surface area contributed by atoms with Gasteiger partial charge in [-0.05, 0) is 51.3 Å². The molecule has 2 bridgehead atoms. The van der Waals surface area contributed by atoms with Crippen LogP contribution in [0.2, 0.25) is 0 Å². The van der Waals surface area contributed by atoms with Gasteiger partial charge in [-0.1, -0.05) is 12.2 Å². The Morgan fingerprint density at radius 3 is 1.65 bits per heavy atom. The number of nitrogen functional groups attached to an aromatic ring is 5. The van der Waals surface area contributed by atoms with Crippen molar-refractivity contribution in [1.82, 2.24) is 77.7 Å². The van der Waals surface area contributed by atoms with Crippen molar-refractivity contribution in [2.75, 3.05) is 116 Å². The van der Waals surface area contributed by atoms with E-state index < -0.39 is 194 Å². The molecule has 6 aliphatic heterocycles. The lowest BCUT2D eigenvalue weighted by Gasteiger charge is -2.37. The molecule has 15 N–H and O–H groups in total. The first-order valence-electron chi connectivity index (χ1n) is 36.0. The number of ether oxygens (including phenoxy) is 12. The Morgan fingerprint density at radius 1 is 0.559 bits per heavy atom. The minimum atomic E-state index is -5.63. The smallest absolute Gasteiger partial charge is 0.387 e. The summed E-state index contributed by atoms with van der Waals surface area (Å²) in [5.74, 6) is -0.430. The molecule has 0 saturated carbocycles. The molecule has 0 spiro atoms. The number of methoxy groups -OCH3 is 3. The van der Waals surface area contributed by atoms with E-state index in [9.17, 15) is 38.7 Å². The Morgan fingerprint density at radius 2 is 1.06 bits per heavy atom. The zero-order valence-electron chi connectivity index (χ0n) is 63.4. The summed E-state index contributed by atoms with van der Waals surface area (Å²) in [4.78, 5) is 121. The van der Waals surface area contributed by atoms with Crippen LogP contribution in [0, 0.1) is 13.8 Å². The second kappa shape index (κ2) is 35.7. The normalized spacial score (nSPS) is 31.1. The molecule has 6 fully saturated rings. The first kappa shape index (κ1) is 87.7. The van der Waals surface area contributed by atoms with Crippen LogP contribution in [0.4, 0.5) is 29.2 Å². The van der Waals surface area contributed by atoms with Crippen LogP contribution in [-0.2, 0) is 126 Å². The average molecular weight is 1800 g/mol. The summed E-state index contributed by atoms with van der Waals surface area (Å²) >= 11 is 15.8. The van der Waals surface area contributed by atoms with E-state index in [1.54, 1.807) is 25.3 Å². The predicted octanol–water partition coefficient (Wildman–Crippen LogP) is -0.470. The Labute approximate surface area is 681 Å². The molecule has 24 atom stereocenters.